The molecule has 0 heterocycles. The van der Waals surface area contributed by atoms with Gasteiger partial charge < -0.3 is 5.32 Å². The summed E-state index contributed by atoms with van der Waals surface area (Å²) in [5.74, 6) is 0. The summed E-state index contributed by atoms with van der Waals surface area (Å²) >= 11 is 0. The van der Waals surface area contributed by atoms with E-state index in [2.05, 4.69) is 39.9 Å². The van der Waals surface area contributed by atoms with Crippen LogP contribution in [-0.4, -0.2) is 12.6 Å². The van der Waals surface area contributed by atoms with Gasteiger partial charge in [-0.2, -0.15) is 0 Å². The van der Waals surface area contributed by atoms with Gasteiger partial charge in [0.25, 0.3) is 0 Å². The largest absolute Gasteiger partial charge is 0.314 e. The molecule has 1 nitrogen and oxygen atoms in total. The first kappa shape index (κ1) is 9.96. The first-order valence-electron chi connectivity index (χ1n) is 4.22. The van der Waals surface area contributed by atoms with Gasteiger partial charge in [0.15, 0.2) is 0 Å². The predicted octanol–water partition coefficient (Wildman–Crippen LogP) is 2.42. The van der Waals surface area contributed by atoms with Crippen molar-refractivity contribution < 1.29 is 0 Å². The average molecular weight is 143 g/mol. The number of rotatable bonds is 3. The lowest BCUT2D eigenvalue weighted by Crippen LogP contribution is -2.37. The standard InChI is InChI=1S/C9H21N/c1-6-7-10-8(2)9(3,4)5/h8,10H,6-7H2,1-5H3/t8-/m0/s1. The Balaban J connectivity index is 3.52. The summed E-state index contributed by atoms with van der Waals surface area (Å²) < 4.78 is 0. The highest BCUT2D eigenvalue weighted by Crippen LogP contribution is 2.17. The van der Waals surface area contributed by atoms with E-state index in [1.165, 1.54) is 6.42 Å². The molecule has 62 valence electrons. The van der Waals surface area contributed by atoms with Gasteiger partial charge in [0.05, 0.1) is 0 Å². The van der Waals surface area contributed by atoms with E-state index < -0.39 is 0 Å². The van der Waals surface area contributed by atoms with Gasteiger partial charge in [0, 0.05) is 6.04 Å². The molecule has 10 heavy (non-hydrogen) atoms. The third-order valence-electron chi connectivity index (χ3n) is 2.00. The van der Waals surface area contributed by atoms with Crippen molar-refractivity contribution in [2.75, 3.05) is 6.54 Å². The molecule has 0 bridgehead atoms. The van der Waals surface area contributed by atoms with Crippen molar-refractivity contribution in [1.29, 1.82) is 0 Å². The number of nitrogens with one attached hydrogen (secondary N) is 1. The molecule has 0 rings (SSSR count). The van der Waals surface area contributed by atoms with Gasteiger partial charge in [-0.25, -0.2) is 0 Å². The zero-order chi connectivity index (χ0) is 8.20. The smallest absolute Gasteiger partial charge is 0.00872 e. The summed E-state index contributed by atoms with van der Waals surface area (Å²) in [7, 11) is 0. The third-order valence-corrected chi connectivity index (χ3v) is 2.00. The molecule has 1 atom stereocenters. The van der Waals surface area contributed by atoms with Crippen LogP contribution in [0.4, 0.5) is 0 Å². The topological polar surface area (TPSA) is 12.0 Å². The highest BCUT2D eigenvalue weighted by atomic mass is 14.9. The molecule has 1 N–H and O–H groups in total. The molecule has 0 saturated heterocycles. The minimum Gasteiger partial charge on any atom is -0.314 e. The van der Waals surface area contributed by atoms with Crippen molar-refractivity contribution in [3.63, 3.8) is 0 Å². The summed E-state index contributed by atoms with van der Waals surface area (Å²) in [5, 5.41) is 3.47. The van der Waals surface area contributed by atoms with E-state index in [-0.39, 0.29) is 0 Å². The fourth-order valence-corrected chi connectivity index (χ4v) is 0.667. The van der Waals surface area contributed by atoms with Gasteiger partial charge in [0.2, 0.25) is 0 Å². The predicted molar refractivity (Wildman–Crippen MR) is 47.2 cm³/mol. The fourth-order valence-electron chi connectivity index (χ4n) is 0.667. The van der Waals surface area contributed by atoms with Crippen LogP contribution in [0.1, 0.15) is 41.0 Å². The molecule has 0 amide bonds. The zero-order valence-corrected chi connectivity index (χ0v) is 7.99. The van der Waals surface area contributed by atoms with E-state index in [1.807, 2.05) is 0 Å². The Labute approximate surface area is 65.2 Å². The third kappa shape index (κ3) is 3.89. The van der Waals surface area contributed by atoms with Crippen molar-refractivity contribution >= 4 is 0 Å². The molecule has 0 aromatic carbocycles. The highest BCUT2D eigenvalue weighted by molar-refractivity contribution is 4.75. The van der Waals surface area contributed by atoms with Crippen molar-refractivity contribution in [2.45, 2.75) is 47.1 Å². The highest BCUT2D eigenvalue weighted by Gasteiger charge is 2.18. The van der Waals surface area contributed by atoms with E-state index in [4.69, 9.17) is 0 Å². The molecule has 0 unspecified atom stereocenters. The lowest BCUT2D eigenvalue weighted by molar-refractivity contribution is 0.287. The Bertz CT molecular complexity index is 81.2. The van der Waals surface area contributed by atoms with Crippen molar-refractivity contribution in [3.05, 3.63) is 0 Å². The minimum atomic E-state index is 0.398. The maximum Gasteiger partial charge on any atom is 0.00872 e. The van der Waals surface area contributed by atoms with E-state index >= 15 is 0 Å². The molecule has 0 saturated carbocycles. The van der Waals surface area contributed by atoms with E-state index in [0.717, 1.165) is 6.54 Å². The molecule has 0 fully saturated rings. The molecular formula is C9H21N. The van der Waals surface area contributed by atoms with Gasteiger partial charge in [0.1, 0.15) is 0 Å². The van der Waals surface area contributed by atoms with Crippen LogP contribution in [0, 0.1) is 5.41 Å². The Morgan fingerprint density at radius 3 is 2.10 bits per heavy atom. The van der Waals surface area contributed by atoms with Gasteiger partial charge in [-0.05, 0) is 25.3 Å². The second-order valence-corrected chi connectivity index (χ2v) is 4.04. The van der Waals surface area contributed by atoms with Gasteiger partial charge >= 0.3 is 0 Å². The molecule has 0 spiro atoms. The van der Waals surface area contributed by atoms with E-state index in [0.29, 0.717) is 11.5 Å². The summed E-state index contributed by atoms with van der Waals surface area (Å²) in [5.41, 5.74) is 0.398. The van der Waals surface area contributed by atoms with Crippen LogP contribution < -0.4 is 5.32 Å². The lowest BCUT2D eigenvalue weighted by atomic mass is 9.88. The Morgan fingerprint density at radius 1 is 1.30 bits per heavy atom. The Kier molecular flexibility index (Phi) is 3.95. The average Bonchev–Trinajstić information content (AvgIpc) is 1.80. The first-order chi connectivity index (χ1) is 4.48. The van der Waals surface area contributed by atoms with Crippen molar-refractivity contribution in [3.8, 4) is 0 Å². The summed E-state index contributed by atoms with van der Waals surface area (Å²) in [6, 6.07) is 0.618. The Morgan fingerprint density at radius 2 is 1.80 bits per heavy atom. The maximum absolute atomic E-state index is 3.47. The minimum absolute atomic E-state index is 0.398. The van der Waals surface area contributed by atoms with Crippen LogP contribution in [0.5, 0.6) is 0 Å². The van der Waals surface area contributed by atoms with E-state index in [1.54, 1.807) is 0 Å². The molecule has 0 aliphatic rings. The maximum atomic E-state index is 3.47. The van der Waals surface area contributed by atoms with Crippen molar-refractivity contribution in [1.82, 2.24) is 5.32 Å². The molecule has 0 aromatic heterocycles. The van der Waals surface area contributed by atoms with Crippen molar-refractivity contribution in [2.24, 2.45) is 5.41 Å². The van der Waals surface area contributed by atoms with Gasteiger partial charge in [-0.1, -0.05) is 27.7 Å². The number of hydrogen-bond acceptors (Lipinski definition) is 1. The lowest BCUT2D eigenvalue weighted by Gasteiger charge is -2.28. The normalized spacial score (nSPS) is 15.3. The quantitative estimate of drug-likeness (QED) is 0.640. The molecular weight excluding hydrogens is 122 g/mol. The molecule has 0 aliphatic carbocycles. The summed E-state index contributed by atoms with van der Waals surface area (Å²) in [4.78, 5) is 0. The molecule has 0 aliphatic heterocycles. The Hall–Kier alpha value is -0.0400. The zero-order valence-electron chi connectivity index (χ0n) is 7.99. The van der Waals surface area contributed by atoms with Gasteiger partial charge in [-0.3, -0.25) is 0 Å². The van der Waals surface area contributed by atoms with Crippen LogP contribution in [0.2, 0.25) is 0 Å². The van der Waals surface area contributed by atoms with Crippen LogP contribution in [0.15, 0.2) is 0 Å². The fraction of sp³-hybridized carbons (Fsp3) is 1.00. The monoisotopic (exact) mass is 143 g/mol. The molecule has 0 radical (unpaired) electrons. The molecule has 0 aromatic rings. The second-order valence-electron chi connectivity index (χ2n) is 4.04. The second kappa shape index (κ2) is 3.97. The van der Waals surface area contributed by atoms with Crippen LogP contribution in [-0.2, 0) is 0 Å². The van der Waals surface area contributed by atoms with E-state index in [9.17, 15) is 0 Å². The van der Waals surface area contributed by atoms with Crippen LogP contribution in [0.25, 0.3) is 0 Å². The van der Waals surface area contributed by atoms with Crippen LogP contribution >= 0.6 is 0 Å². The number of hydrogen-bond donors (Lipinski definition) is 1. The summed E-state index contributed by atoms with van der Waals surface area (Å²) in [6.07, 6.45) is 1.22. The van der Waals surface area contributed by atoms with Crippen LogP contribution in [0.3, 0.4) is 0 Å². The van der Waals surface area contributed by atoms with Gasteiger partial charge in [-0.15, -0.1) is 0 Å². The summed E-state index contributed by atoms with van der Waals surface area (Å²) in [6.45, 7) is 12.4. The molecule has 1 heteroatoms. The SMILES string of the molecule is CCCN[C@@H](C)C(C)(C)C. The first-order valence-corrected chi connectivity index (χ1v) is 4.22.